The number of furan rings is 1. The van der Waals surface area contributed by atoms with E-state index in [9.17, 15) is 0 Å². The van der Waals surface area contributed by atoms with Crippen molar-refractivity contribution in [3.05, 3.63) is 182 Å². The average molecular weight is 623 g/mol. The van der Waals surface area contributed by atoms with Crippen LogP contribution in [0.3, 0.4) is 0 Å². The van der Waals surface area contributed by atoms with Crippen molar-refractivity contribution in [2.24, 2.45) is 0 Å². The third kappa shape index (κ3) is 4.40. The lowest BCUT2D eigenvalue weighted by Gasteiger charge is -2.20. The van der Waals surface area contributed by atoms with E-state index in [-0.39, 0.29) is 0 Å². The molecule has 0 aliphatic carbocycles. The molecule has 9 aromatic carbocycles. The molecule has 0 fully saturated rings. The molecule has 10 rings (SSSR count). The summed E-state index contributed by atoms with van der Waals surface area (Å²) in [6.45, 7) is 0. The molecule has 1 heteroatoms. The van der Waals surface area contributed by atoms with Gasteiger partial charge in [0.25, 0.3) is 0 Å². The predicted molar refractivity (Wildman–Crippen MR) is 208 cm³/mol. The number of benzene rings is 9. The molecule has 0 atom stereocenters. The molecule has 0 bridgehead atoms. The molecule has 0 saturated carbocycles. The zero-order valence-corrected chi connectivity index (χ0v) is 26.7. The second-order valence-electron chi connectivity index (χ2n) is 12.8. The van der Waals surface area contributed by atoms with Crippen LogP contribution in [0.5, 0.6) is 0 Å². The first-order valence-electron chi connectivity index (χ1n) is 16.8. The maximum absolute atomic E-state index is 6.37. The Hall–Kier alpha value is -6.44. The maximum Gasteiger partial charge on any atom is 0.136 e. The predicted octanol–water partition coefficient (Wildman–Crippen LogP) is 13.7. The third-order valence-corrected chi connectivity index (χ3v) is 10.1. The van der Waals surface area contributed by atoms with Gasteiger partial charge >= 0.3 is 0 Å². The van der Waals surface area contributed by atoms with Crippen molar-refractivity contribution in [1.82, 2.24) is 0 Å². The minimum atomic E-state index is 0.910. The maximum atomic E-state index is 6.37. The first kappa shape index (κ1) is 27.7. The van der Waals surface area contributed by atoms with Crippen LogP contribution in [0.2, 0.25) is 0 Å². The van der Waals surface area contributed by atoms with Crippen molar-refractivity contribution < 1.29 is 4.42 Å². The third-order valence-electron chi connectivity index (χ3n) is 10.1. The fourth-order valence-corrected chi connectivity index (χ4v) is 7.86. The van der Waals surface area contributed by atoms with Crippen molar-refractivity contribution in [2.45, 2.75) is 0 Å². The Balaban J connectivity index is 1.27. The van der Waals surface area contributed by atoms with E-state index in [0.29, 0.717) is 0 Å². The SMILES string of the molecule is c1ccc(-c2ccc3c(-c4c5ccccc5c(-c5ccc6c(c5)oc5ccccc56)c5ccccc45)ccc(-c4ccccc4)c3c2)cc1. The van der Waals surface area contributed by atoms with Crippen molar-refractivity contribution in [3.8, 4) is 44.5 Å². The summed E-state index contributed by atoms with van der Waals surface area (Å²) in [5, 5.41) is 9.72. The summed E-state index contributed by atoms with van der Waals surface area (Å²) < 4.78 is 6.37. The Kier molecular flexibility index (Phi) is 6.25. The van der Waals surface area contributed by atoms with Gasteiger partial charge in [-0.25, -0.2) is 0 Å². The molecule has 228 valence electrons. The van der Waals surface area contributed by atoms with Crippen molar-refractivity contribution >= 4 is 54.3 Å². The molecule has 49 heavy (non-hydrogen) atoms. The molecule has 0 spiro atoms. The highest BCUT2D eigenvalue weighted by Crippen LogP contribution is 2.47. The minimum absolute atomic E-state index is 0.910. The zero-order chi connectivity index (χ0) is 32.3. The molecule has 1 heterocycles. The molecule has 0 N–H and O–H groups in total. The largest absolute Gasteiger partial charge is 0.456 e. The van der Waals surface area contributed by atoms with Gasteiger partial charge in [-0.05, 0) is 101 Å². The second kappa shape index (κ2) is 11.1. The Bertz CT molecular complexity index is 2800. The Morgan fingerprint density at radius 2 is 0.755 bits per heavy atom. The lowest BCUT2D eigenvalue weighted by atomic mass is 9.83. The summed E-state index contributed by atoms with van der Waals surface area (Å²) >= 11 is 0. The molecule has 0 unspecified atom stereocenters. The van der Waals surface area contributed by atoms with Crippen molar-refractivity contribution in [1.29, 1.82) is 0 Å². The van der Waals surface area contributed by atoms with Gasteiger partial charge in [-0.15, -0.1) is 0 Å². The molecule has 0 aliphatic heterocycles. The van der Waals surface area contributed by atoms with Gasteiger partial charge in [0.1, 0.15) is 11.2 Å². The fraction of sp³-hybridized carbons (Fsp3) is 0. The monoisotopic (exact) mass is 622 g/mol. The fourth-order valence-electron chi connectivity index (χ4n) is 7.86. The van der Waals surface area contributed by atoms with E-state index >= 15 is 0 Å². The van der Waals surface area contributed by atoms with E-state index in [1.165, 1.54) is 71.3 Å². The summed E-state index contributed by atoms with van der Waals surface area (Å²) in [6, 6.07) is 65.8. The zero-order valence-electron chi connectivity index (χ0n) is 26.7. The van der Waals surface area contributed by atoms with Gasteiger partial charge in [-0.2, -0.15) is 0 Å². The second-order valence-corrected chi connectivity index (χ2v) is 12.8. The summed E-state index contributed by atoms with van der Waals surface area (Å²) in [5.74, 6) is 0. The molecular weight excluding hydrogens is 593 g/mol. The Morgan fingerprint density at radius 3 is 1.45 bits per heavy atom. The van der Waals surface area contributed by atoms with E-state index < -0.39 is 0 Å². The van der Waals surface area contributed by atoms with Gasteiger partial charge in [0.05, 0.1) is 0 Å². The van der Waals surface area contributed by atoms with Crippen LogP contribution in [-0.4, -0.2) is 0 Å². The number of rotatable bonds is 4. The van der Waals surface area contributed by atoms with Crippen LogP contribution in [-0.2, 0) is 0 Å². The van der Waals surface area contributed by atoms with Gasteiger partial charge in [0, 0.05) is 10.8 Å². The molecule has 10 aromatic rings. The van der Waals surface area contributed by atoms with Gasteiger partial charge in [0.15, 0.2) is 0 Å². The van der Waals surface area contributed by atoms with Crippen LogP contribution >= 0.6 is 0 Å². The molecular formula is C48H30O. The number of hydrogen-bond donors (Lipinski definition) is 0. The lowest BCUT2D eigenvalue weighted by molar-refractivity contribution is 0.669. The van der Waals surface area contributed by atoms with E-state index in [4.69, 9.17) is 4.42 Å². The number of fused-ring (bicyclic) bond motifs is 6. The first-order valence-corrected chi connectivity index (χ1v) is 16.8. The standard InChI is InChI=1S/C48H30O/c1-3-13-31(14-4-1)33-23-25-36-43(28-27-35(44(36)29-33)32-15-5-2-6-16-32)48-41-20-9-7-18-39(41)47(40-19-8-10-21-42(40)48)34-24-26-38-37-17-11-12-22-45(37)49-46(38)30-34/h1-30H. The number of para-hydroxylation sites is 1. The molecule has 1 nitrogen and oxygen atoms in total. The summed E-state index contributed by atoms with van der Waals surface area (Å²) in [6.07, 6.45) is 0. The minimum Gasteiger partial charge on any atom is -0.456 e. The van der Waals surface area contributed by atoms with Crippen LogP contribution in [0.15, 0.2) is 186 Å². The van der Waals surface area contributed by atoms with Crippen molar-refractivity contribution in [3.63, 3.8) is 0 Å². The topological polar surface area (TPSA) is 13.1 Å². The molecule has 0 amide bonds. The average Bonchev–Trinajstić information content (AvgIpc) is 3.55. The number of hydrogen-bond acceptors (Lipinski definition) is 1. The highest BCUT2D eigenvalue weighted by Gasteiger charge is 2.20. The first-order chi connectivity index (χ1) is 24.3. The van der Waals surface area contributed by atoms with Gasteiger partial charge in [-0.1, -0.05) is 158 Å². The van der Waals surface area contributed by atoms with E-state index in [1.54, 1.807) is 0 Å². The van der Waals surface area contributed by atoms with E-state index in [2.05, 4.69) is 170 Å². The lowest BCUT2D eigenvalue weighted by Crippen LogP contribution is -1.93. The van der Waals surface area contributed by atoms with Crippen LogP contribution in [0.1, 0.15) is 0 Å². The Morgan fingerprint density at radius 1 is 0.245 bits per heavy atom. The normalized spacial score (nSPS) is 11.7. The van der Waals surface area contributed by atoms with Crippen LogP contribution in [0.25, 0.3) is 98.8 Å². The van der Waals surface area contributed by atoms with Crippen LogP contribution in [0, 0.1) is 0 Å². The molecule has 0 saturated heterocycles. The van der Waals surface area contributed by atoms with E-state index in [0.717, 1.165) is 27.5 Å². The summed E-state index contributed by atoms with van der Waals surface area (Å²) in [5.41, 5.74) is 11.6. The highest BCUT2D eigenvalue weighted by atomic mass is 16.3. The van der Waals surface area contributed by atoms with E-state index in [1.807, 2.05) is 12.1 Å². The van der Waals surface area contributed by atoms with Gasteiger partial charge < -0.3 is 4.42 Å². The molecule has 0 aliphatic rings. The smallest absolute Gasteiger partial charge is 0.136 e. The highest BCUT2D eigenvalue weighted by molar-refractivity contribution is 6.24. The van der Waals surface area contributed by atoms with Crippen LogP contribution in [0.4, 0.5) is 0 Å². The molecule has 1 aromatic heterocycles. The Labute approximate surface area is 284 Å². The van der Waals surface area contributed by atoms with Gasteiger partial charge in [0.2, 0.25) is 0 Å². The van der Waals surface area contributed by atoms with Gasteiger partial charge in [-0.3, -0.25) is 0 Å². The van der Waals surface area contributed by atoms with Crippen LogP contribution < -0.4 is 0 Å². The summed E-state index contributed by atoms with van der Waals surface area (Å²) in [7, 11) is 0. The van der Waals surface area contributed by atoms with Crippen molar-refractivity contribution in [2.75, 3.05) is 0 Å². The summed E-state index contributed by atoms with van der Waals surface area (Å²) in [4.78, 5) is 0. The molecule has 0 radical (unpaired) electrons. The quantitative estimate of drug-likeness (QED) is 0.178.